The Bertz CT molecular complexity index is 520. The SMILES string of the molecule is CCOc1cc(C)c(C)cc1C(CN)C1CN2CCC1CC2. The fourth-order valence-corrected chi connectivity index (χ4v) is 4.38. The normalized spacial score (nSPS) is 28.6. The molecule has 0 aliphatic carbocycles. The summed E-state index contributed by atoms with van der Waals surface area (Å²) >= 11 is 0. The molecule has 3 fully saturated rings. The molecule has 1 aromatic carbocycles. The van der Waals surface area contributed by atoms with Crippen molar-refractivity contribution in [2.75, 3.05) is 32.8 Å². The smallest absolute Gasteiger partial charge is 0.123 e. The van der Waals surface area contributed by atoms with E-state index in [9.17, 15) is 0 Å². The van der Waals surface area contributed by atoms with Crippen LogP contribution in [0.4, 0.5) is 0 Å². The fraction of sp³-hybridized carbons (Fsp3) is 0.684. The van der Waals surface area contributed by atoms with E-state index in [2.05, 4.69) is 37.8 Å². The van der Waals surface area contributed by atoms with Crippen molar-refractivity contribution in [1.82, 2.24) is 4.90 Å². The Labute approximate surface area is 134 Å². The van der Waals surface area contributed by atoms with Crippen molar-refractivity contribution < 1.29 is 4.74 Å². The van der Waals surface area contributed by atoms with Crippen LogP contribution in [0.2, 0.25) is 0 Å². The second-order valence-electron chi connectivity index (χ2n) is 7.05. The predicted molar refractivity (Wildman–Crippen MR) is 91.5 cm³/mol. The summed E-state index contributed by atoms with van der Waals surface area (Å²) in [6.45, 7) is 11.6. The van der Waals surface area contributed by atoms with Crippen LogP contribution in [0.5, 0.6) is 5.75 Å². The van der Waals surface area contributed by atoms with Crippen LogP contribution in [-0.2, 0) is 0 Å². The molecule has 2 atom stereocenters. The van der Waals surface area contributed by atoms with Crippen molar-refractivity contribution in [3.05, 3.63) is 28.8 Å². The van der Waals surface area contributed by atoms with Gasteiger partial charge >= 0.3 is 0 Å². The van der Waals surface area contributed by atoms with Crippen LogP contribution in [0.15, 0.2) is 12.1 Å². The van der Waals surface area contributed by atoms with Gasteiger partial charge in [-0.05, 0) is 87.8 Å². The number of benzene rings is 1. The van der Waals surface area contributed by atoms with Crippen LogP contribution in [0, 0.1) is 25.7 Å². The maximum absolute atomic E-state index is 6.25. The molecule has 3 nitrogen and oxygen atoms in total. The fourth-order valence-electron chi connectivity index (χ4n) is 4.38. The quantitative estimate of drug-likeness (QED) is 0.908. The molecule has 3 heteroatoms. The van der Waals surface area contributed by atoms with Gasteiger partial charge in [0.15, 0.2) is 0 Å². The van der Waals surface area contributed by atoms with Crippen molar-refractivity contribution in [3.8, 4) is 5.75 Å². The van der Waals surface area contributed by atoms with Crippen LogP contribution in [-0.4, -0.2) is 37.7 Å². The molecule has 0 aromatic heterocycles. The van der Waals surface area contributed by atoms with Crippen molar-refractivity contribution in [3.63, 3.8) is 0 Å². The predicted octanol–water partition coefficient (Wildman–Crippen LogP) is 3.09. The highest BCUT2D eigenvalue weighted by Gasteiger charge is 2.39. The second kappa shape index (κ2) is 6.59. The van der Waals surface area contributed by atoms with Crippen LogP contribution >= 0.6 is 0 Å². The number of hydrogen-bond donors (Lipinski definition) is 1. The third-order valence-corrected chi connectivity index (χ3v) is 5.80. The monoisotopic (exact) mass is 302 g/mol. The molecule has 0 spiro atoms. The van der Waals surface area contributed by atoms with E-state index >= 15 is 0 Å². The molecule has 3 aliphatic heterocycles. The molecule has 0 saturated carbocycles. The summed E-state index contributed by atoms with van der Waals surface area (Å²) in [4.78, 5) is 2.62. The Morgan fingerprint density at radius 1 is 1.23 bits per heavy atom. The van der Waals surface area contributed by atoms with Crippen molar-refractivity contribution in [1.29, 1.82) is 0 Å². The highest BCUT2D eigenvalue weighted by molar-refractivity contribution is 5.44. The number of aryl methyl sites for hydroxylation is 2. The summed E-state index contributed by atoms with van der Waals surface area (Å²) in [5.41, 5.74) is 10.2. The van der Waals surface area contributed by atoms with Crippen molar-refractivity contribution in [2.24, 2.45) is 17.6 Å². The van der Waals surface area contributed by atoms with Crippen LogP contribution in [0.1, 0.15) is 42.4 Å². The highest BCUT2D eigenvalue weighted by Crippen LogP contribution is 2.43. The first-order valence-corrected chi connectivity index (χ1v) is 8.80. The first kappa shape index (κ1) is 15.8. The van der Waals surface area contributed by atoms with Gasteiger partial charge in [0, 0.05) is 12.5 Å². The molecule has 1 aromatic rings. The Kier molecular flexibility index (Phi) is 4.74. The molecule has 2 bridgehead atoms. The maximum atomic E-state index is 6.25. The van der Waals surface area contributed by atoms with E-state index in [4.69, 9.17) is 10.5 Å². The van der Waals surface area contributed by atoms with Gasteiger partial charge in [0.1, 0.15) is 5.75 Å². The standard InChI is InChI=1S/C19H30N2O/c1-4-22-19-10-14(3)13(2)9-16(19)17(11-20)18-12-21-7-5-15(18)6-8-21/h9-10,15,17-18H,4-8,11-12,20H2,1-3H3. The molecule has 2 N–H and O–H groups in total. The molecule has 0 radical (unpaired) electrons. The molecule has 3 saturated heterocycles. The summed E-state index contributed by atoms with van der Waals surface area (Å²) in [6.07, 6.45) is 2.69. The Balaban J connectivity index is 1.94. The average molecular weight is 302 g/mol. The van der Waals surface area contributed by atoms with Gasteiger partial charge in [-0.3, -0.25) is 0 Å². The van der Waals surface area contributed by atoms with Gasteiger partial charge in [0.2, 0.25) is 0 Å². The Morgan fingerprint density at radius 2 is 1.91 bits per heavy atom. The zero-order valence-corrected chi connectivity index (χ0v) is 14.3. The lowest BCUT2D eigenvalue weighted by Gasteiger charge is -2.48. The minimum atomic E-state index is 0.425. The number of hydrogen-bond acceptors (Lipinski definition) is 3. The molecule has 4 rings (SSSR count). The topological polar surface area (TPSA) is 38.5 Å². The van der Waals surface area contributed by atoms with Gasteiger partial charge in [-0.15, -0.1) is 0 Å². The Hall–Kier alpha value is -1.06. The number of nitrogens with zero attached hydrogens (tertiary/aromatic N) is 1. The van der Waals surface area contributed by atoms with Gasteiger partial charge in [-0.2, -0.15) is 0 Å². The lowest BCUT2D eigenvalue weighted by Crippen LogP contribution is -2.50. The largest absolute Gasteiger partial charge is 0.494 e. The molecular weight excluding hydrogens is 272 g/mol. The van der Waals surface area contributed by atoms with Crippen LogP contribution < -0.4 is 10.5 Å². The Morgan fingerprint density at radius 3 is 2.45 bits per heavy atom. The number of rotatable bonds is 5. The van der Waals surface area contributed by atoms with Gasteiger partial charge in [-0.25, -0.2) is 0 Å². The van der Waals surface area contributed by atoms with Crippen molar-refractivity contribution >= 4 is 0 Å². The molecular formula is C19H30N2O. The highest BCUT2D eigenvalue weighted by atomic mass is 16.5. The number of fused-ring (bicyclic) bond motifs is 3. The minimum absolute atomic E-state index is 0.425. The molecule has 3 aliphatic rings. The van der Waals surface area contributed by atoms with Gasteiger partial charge in [-0.1, -0.05) is 6.07 Å². The van der Waals surface area contributed by atoms with Gasteiger partial charge in [0.25, 0.3) is 0 Å². The summed E-state index contributed by atoms with van der Waals surface area (Å²) in [5.74, 6) is 3.01. The number of nitrogens with two attached hydrogens (primary N) is 1. The molecule has 122 valence electrons. The average Bonchev–Trinajstić information content (AvgIpc) is 2.54. The van der Waals surface area contributed by atoms with E-state index in [1.807, 2.05) is 0 Å². The molecule has 0 amide bonds. The molecule has 3 heterocycles. The number of ether oxygens (including phenoxy) is 1. The summed E-state index contributed by atoms with van der Waals surface area (Å²) < 4.78 is 5.96. The van der Waals surface area contributed by atoms with Gasteiger partial charge < -0.3 is 15.4 Å². The van der Waals surface area contributed by atoms with E-state index in [1.54, 1.807) is 0 Å². The summed E-state index contributed by atoms with van der Waals surface area (Å²) in [7, 11) is 0. The third kappa shape index (κ3) is 2.89. The van der Waals surface area contributed by atoms with Crippen molar-refractivity contribution in [2.45, 2.75) is 39.5 Å². The van der Waals surface area contributed by atoms with Crippen LogP contribution in [0.25, 0.3) is 0 Å². The second-order valence-corrected chi connectivity index (χ2v) is 7.05. The lowest BCUT2D eigenvalue weighted by atomic mass is 9.70. The first-order valence-electron chi connectivity index (χ1n) is 8.80. The zero-order valence-electron chi connectivity index (χ0n) is 14.3. The van der Waals surface area contributed by atoms with Crippen LogP contribution in [0.3, 0.4) is 0 Å². The first-order chi connectivity index (χ1) is 10.6. The van der Waals surface area contributed by atoms with E-state index in [-0.39, 0.29) is 0 Å². The maximum Gasteiger partial charge on any atom is 0.123 e. The number of piperidine rings is 3. The zero-order chi connectivity index (χ0) is 15.7. The minimum Gasteiger partial charge on any atom is -0.494 e. The summed E-state index contributed by atoms with van der Waals surface area (Å²) in [5, 5.41) is 0. The van der Waals surface area contributed by atoms with E-state index in [0.717, 1.165) is 18.2 Å². The molecule has 2 unspecified atom stereocenters. The third-order valence-electron chi connectivity index (χ3n) is 5.80. The summed E-state index contributed by atoms with van der Waals surface area (Å²) in [6, 6.07) is 4.54. The van der Waals surface area contributed by atoms with E-state index in [1.165, 1.54) is 49.2 Å². The molecule has 22 heavy (non-hydrogen) atoms. The lowest BCUT2D eigenvalue weighted by molar-refractivity contribution is 0.0374. The van der Waals surface area contributed by atoms with E-state index < -0.39 is 0 Å². The van der Waals surface area contributed by atoms with Gasteiger partial charge in [0.05, 0.1) is 6.61 Å². The van der Waals surface area contributed by atoms with E-state index in [0.29, 0.717) is 18.4 Å².